The van der Waals surface area contributed by atoms with Crippen LogP contribution in [0, 0.1) is 5.92 Å². The highest BCUT2D eigenvalue weighted by Crippen LogP contribution is 2.27. The Labute approximate surface area is 83.7 Å². The summed E-state index contributed by atoms with van der Waals surface area (Å²) in [6.45, 7) is 0.863. The van der Waals surface area contributed by atoms with Gasteiger partial charge < -0.3 is 4.74 Å². The summed E-state index contributed by atoms with van der Waals surface area (Å²) in [5, 5.41) is 0.760. The van der Waals surface area contributed by atoms with Gasteiger partial charge in [-0.1, -0.05) is 18.0 Å². The first-order valence-electron chi connectivity index (χ1n) is 4.73. The highest BCUT2D eigenvalue weighted by Gasteiger charge is 2.17. The van der Waals surface area contributed by atoms with Gasteiger partial charge in [-0.15, -0.1) is 0 Å². The third kappa shape index (κ3) is 2.38. The minimum absolute atomic E-state index is 0.760. The maximum Gasteiger partial charge on any atom is 0.119 e. The fraction of sp³-hybridized carbons (Fsp3) is 0.455. The molecular weight excluding hydrogens is 184 g/mol. The number of hydrogen-bond acceptors (Lipinski definition) is 1. The van der Waals surface area contributed by atoms with Crippen LogP contribution in [0.25, 0.3) is 0 Å². The highest BCUT2D eigenvalue weighted by atomic mass is 35.5. The number of ether oxygens (including phenoxy) is 1. The van der Waals surface area contributed by atoms with E-state index in [0.29, 0.717) is 0 Å². The summed E-state index contributed by atoms with van der Waals surface area (Å²) in [6, 6.07) is 7.55. The molecule has 0 saturated heterocycles. The predicted molar refractivity (Wildman–Crippen MR) is 54.3 cm³/mol. The largest absolute Gasteiger partial charge is 0.493 e. The van der Waals surface area contributed by atoms with Crippen LogP contribution in [0.15, 0.2) is 24.3 Å². The molecule has 1 saturated carbocycles. The second-order valence-corrected chi connectivity index (χ2v) is 4.00. The monoisotopic (exact) mass is 196 g/mol. The molecule has 1 aliphatic rings. The molecule has 0 aromatic heterocycles. The molecule has 0 amide bonds. The first-order chi connectivity index (χ1) is 6.34. The Morgan fingerprint density at radius 2 is 1.92 bits per heavy atom. The molecule has 0 radical (unpaired) electrons. The van der Waals surface area contributed by atoms with Crippen LogP contribution in [0.2, 0.25) is 5.02 Å². The van der Waals surface area contributed by atoms with Gasteiger partial charge in [0.05, 0.1) is 6.61 Å². The average molecular weight is 197 g/mol. The molecule has 0 N–H and O–H groups in total. The van der Waals surface area contributed by atoms with Crippen molar-refractivity contribution in [2.24, 2.45) is 5.92 Å². The van der Waals surface area contributed by atoms with Crippen molar-refractivity contribution in [3.63, 3.8) is 0 Å². The number of hydrogen-bond donors (Lipinski definition) is 0. The van der Waals surface area contributed by atoms with Gasteiger partial charge in [0.1, 0.15) is 5.75 Å². The van der Waals surface area contributed by atoms with E-state index >= 15 is 0 Å². The zero-order valence-electron chi connectivity index (χ0n) is 7.50. The van der Waals surface area contributed by atoms with Gasteiger partial charge in [-0.05, 0) is 43.0 Å². The van der Waals surface area contributed by atoms with E-state index in [0.717, 1.165) is 23.3 Å². The van der Waals surface area contributed by atoms with Gasteiger partial charge in [-0.2, -0.15) is 0 Å². The first-order valence-corrected chi connectivity index (χ1v) is 5.11. The molecule has 1 aromatic rings. The fourth-order valence-electron chi connectivity index (χ4n) is 1.40. The molecule has 1 nitrogen and oxygen atoms in total. The standard InChI is InChI=1S/C11H13ClO/c12-10-4-6-11(7-5-10)13-8-9-2-1-3-9/h4-7,9H,1-3,8H2. The van der Waals surface area contributed by atoms with E-state index in [1.54, 1.807) is 0 Å². The molecule has 2 heteroatoms. The van der Waals surface area contributed by atoms with Gasteiger partial charge in [-0.3, -0.25) is 0 Å². The molecule has 0 unspecified atom stereocenters. The lowest BCUT2D eigenvalue weighted by Crippen LogP contribution is -2.19. The Kier molecular flexibility index (Phi) is 2.74. The van der Waals surface area contributed by atoms with Gasteiger partial charge in [0.2, 0.25) is 0 Å². The summed E-state index contributed by atoms with van der Waals surface area (Å²) in [4.78, 5) is 0. The van der Waals surface area contributed by atoms with E-state index in [1.165, 1.54) is 19.3 Å². The fourth-order valence-corrected chi connectivity index (χ4v) is 1.53. The van der Waals surface area contributed by atoms with Gasteiger partial charge in [0.25, 0.3) is 0 Å². The van der Waals surface area contributed by atoms with E-state index in [4.69, 9.17) is 16.3 Å². The van der Waals surface area contributed by atoms with Crippen LogP contribution in [0.5, 0.6) is 5.75 Å². The van der Waals surface area contributed by atoms with E-state index in [9.17, 15) is 0 Å². The molecule has 1 aromatic carbocycles. The molecular formula is C11H13ClO. The Hall–Kier alpha value is -0.690. The Morgan fingerprint density at radius 1 is 1.23 bits per heavy atom. The van der Waals surface area contributed by atoms with Crippen molar-refractivity contribution in [3.05, 3.63) is 29.3 Å². The number of halogens is 1. The summed E-state index contributed by atoms with van der Waals surface area (Å²) in [6.07, 6.45) is 4.02. The quantitative estimate of drug-likeness (QED) is 0.719. The third-order valence-corrected chi connectivity index (χ3v) is 2.78. The Balaban J connectivity index is 1.83. The molecule has 13 heavy (non-hydrogen) atoms. The van der Waals surface area contributed by atoms with Crippen LogP contribution < -0.4 is 4.74 Å². The van der Waals surface area contributed by atoms with Crippen molar-refractivity contribution in [1.82, 2.24) is 0 Å². The van der Waals surface area contributed by atoms with Crippen LogP contribution in [-0.2, 0) is 0 Å². The number of benzene rings is 1. The van der Waals surface area contributed by atoms with E-state index in [2.05, 4.69) is 0 Å². The lowest BCUT2D eigenvalue weighted by atomic mass is 9.86. The second kappa shape index (κ2) is 4.01. The van der Waals surface area contributed by atoms with Crippen molar-refractivity contribution >= 4 is 11.6 Å². The van der Waals surface area contributed by atoms with E-state index < -0.39 is 0 Å². The van der Waals surface area contributed by atoms with Gasteiger partial charge in [-0.25, -0.2) is 0 Å². The zero-order valence-corrected chi connectivity index (χ0v) is 8.26. The summed E-state index contributed by atoms with van der Waals surface area (Å²) in [7, 11) is 0. The van der Waals surface area contributed by atoms with Crippen molar-refractivity contribution < 1.29 is 4.74 Å². The minimum atomic E-state index is 0.760. The molecule has 0 aliphatic heterocycles. The van der Waals surface area contributed by atoms with Crippen molar-refractivity contribution in [3.8, 4) is 5.75 Å². The lowest BCUT2D eigenvalue weighted by Gasteiger charge is -2.25. The molecule has 1 aliphatic carbocycles. The van der Waals surface area contributed by atoms with E-state index in [-0.39, 0.29) is 0 Å². The van der Waals surface area contributed by atoms with Crippen LogP contribution in [0.4, 0.5) is 0 Å². The van der Waals surface area contributed by atoms with Gasteiger partial charge in [0.15, 0.2) is 0 Å². The van der Waals surface area contributed by atoms with Crippen molar-refractivity contribution in [2.45, 2.75) is 19.3 Å². The summed E-state index contributed by atoms with van der Waals surface area (Å²) < 4.78 is 5.61. The molecule has 0 heterocycles. The molecule has 70 valence electrons. The van der Waals surface area contributed by atoms with Crippen LogP contribution in [0.1, 0.15) is 19.3 Å². The first kappa shape index (κ1) is 8.89. The third-order valence-electron chi connectivity index (χ3n) is 2.52. The average Bonchev–Trinajstić information content (AvgIpc) is 2.05. The van der Waals surface area contributed by atoms with Crippen LogP contribution >= 0.6 is 11.6 Å². The SMILES string of the molecule is Clc1ccc(OCC2CCC2)cc1. The summed E-state index contributed by atoms with van der Waals surface area (Å²) in [5.41, 5.74) is 0. The number of rotatable bonds is 3. The highest BCUT2D eigenvalue weighted by molar-refractivity contribution is 6.30. The van der Waals surface area contributed by atoms with Crippen molar-refractivity contribution in [1.29, 1.82) is 0 Å². The minimum Gasteiger partial charge on any atom is -0.493 e. The Morgan fingerprint density at radius 3 is 2.46 bits per heavy atom. The summed E-state index contributed by atoms with van der Waals surface area (Å²) in [5.74, 6) is 1.71. The molecule has 0 spiro atoms. The molecule has 0 bridgehead atoms. The van der Waals surface area contributed by atoms with Gasteiger partial charge in [0, 0.05) is 5.02 Å². The maximum absolute atomic E-state index is 5.76. The predicted octanol–water partition coefficient (Wildman–Crippen LogP) is 3.52. The molecule has 1 fully saturated rings. The van der Waals surface area contributed by atoms with Crippen molar-refractivity contribution in [2.75, 3.05) is 6.61 Å². The van der Waals surface area contributed by atoms with E-state index in [1.807, 2.05) is 24.3 Å². The van der Waals surface area contributed by atoms with Crippen LogP contribution in [0.3, 0.4) is 0 Å². The Bertz CT molecular complexity index is 264. The molecule has 2 rings (SSSR count). The topological polar surface area (TPSA) is 9.23 Å². The zero-order chi connectivity index (χ0) is 9.10. The second-order valence-electron chi connectivity index (χ2n) is 3.56. The van der Waals surface area contributed by atoms with Gasteiger partial charge >= 0.3 is 0 Å². The maximum atomic E-state index is 5.76. The molecule has 0 atom stereocenters. The van der Waals surface area contributed by atoms with Crippen LogP contribution in [-0.4, -0.2) is 6.61 Å². The summed E-state index contributed by atoms with van der Waals surface area (Å²) >= 11 is 5.76. The smallest absolute Gasteiger partial charge is 0.119 e. The normalized spacial score (nSPS) is 16.7. The lowest BCUT2D eigenvalue weighted by molar-refractivity contribution is 0.180.